The first kappa shape index (κ1) is 20.6. The average molecular weight is 411 g/mol. The van der Waals surface area contributed by atoms with Crippen molar-refractivity contribution in [2.24, 2.45) is 0 Å². The maximum absolute atomic E-state index is 12.5. The maximum Gasteiger partial charge on any atom is 0.230 e. The average Bonchev–Trinajstić information content (AvgIpc) is 3.05. The van der Waals surface area contributed by atoms with E-state index in [1.54, 1.807) is 23.6 Å². The van der Waals surface area contributed by atoms with E-state index in [1.165, 1.54) is 32.9 Å². The second kappa shape index (κ2) is 8.50. The highest BCUT2D eigenvalue weighted by molar-refractivity contribution is 7.98. The number of nitrogens with zero attached hydrogens (tertiary/aromatic N) is 2. The summed E-state index contributed by atoms with van der Waals surface area (Å²) in [7, 11) is 0. The standard InChI is InChI=1S/C23H26N2OS2/c1-14-7-8-21(16(3)9-14)27-12-20-13-28-23(24-20)25(19(6)26)22-17(4)10-15(2)11-18(22)5/h7-11,13H,12H2,1-6H3. The van der Waals surface area contributed by atoms with E-state index in [9.17, 15) is 4.79 Å². The van der Waals surface area contributed by atoms with Crippen molar-refractivity contribution in [3.8, 4) is 0 Å². The molecule has 0 radical (unpaired) electrons. The summed E-state index contributed by atoms with van der Waals surface area (Å²) in [5.74, 6) is 0.774. The van der Waals surface area contributed by atoms with Crippen LogP contribution in [-0.4, -0.2) is 10.9 Å². The van der Waals surface area contributed by atoms with E-state index < -0.39 is 0 Å². The number of thiazole rings is 1. The largest absolute Gasteiger partial charge is 0.274 e. The molecule has 0 atom stereocenters. The van der Waals surface area contributed by atoms with Gasteiger partial charge >= 0.3 is 0 Å². The Labute approximate surface area is 175 Å². The molecule has 1 aromatic heterocycles. The van der Waals surface area contributed by atoms with Crippen molar-refractivity contribution in [3.63, 3.8) is 0 Å². The number of carbonyl (C=O) groups excluding carboxylic acids is 1. The number of aryl methyl sites for hydroxylation is 5. The lowest BCUT2D eigenvalue weighted by Crippen LogP contribution is -2.24. The van der Waals surface area contributed by atoms with E-state index >= 15 is 0 Å². The topological polar surface area (TPSA) is 33.2 Å². The number of hydrogen-bond donors (Lipinski definition) is 0. The van der Waals surface area contributed by atoms with Gasteiger partial charge in [0.05, 0.1) is 11.4 Å². The predicted molar refractivity (Wildman–Crippen MR) is 121 cm³/mol. The Morgan fingerprint density at radius 2 is 1.64 bits per heavy atom. The third-order valence-corrected chi connectivity index (χ3v) is 6.69. The van der Waals surface area contributed by atoms with Gasteiger partial charge in [0.25, 0.3) is 0 Å². The minimum Gasteiger partial charge on any atom is -0.274 e. The molecule has 0 bridgehead atoms. The van der Waals surface area contributed by atoms with Gasteiger partial charge in [-0.25, -0.2) is 4.98 Å². The summed E-state index contributed by atoms with van der Waals surface area (Å²) < 4.78 is 0. The van der Waals surface area contributed by atoms with Crippen LogP contribution >= 0.6 is 23.1 Å². The van der Waals surface area contributed by atoms with Crippen LogP contribution in [0.3, 0.4) is 0 Å². The highest BCUT2D eigenvalue weighted by atomic mass is 32.2. The van der Waals surface area contributed by atoms with Gasteiger partial charge in [0.2, 0.25) is 5.91 Å². The van der Waals surface area contributed by atoms with Gasteiger partial charge in [-0.15, -0.1) is 23.1 Å². The van der Waals surface area contributed by atoms with Crippen LogP contribution in [0.25, 0.3) is 0 Å². The number of aromatic nitrogens is 1. The molecule has 1 heterocycles. The number of carbonyl (C=O) groups is 1. The summed E-state index contributed by atoms with van der Waals surface area (Å²) in [6.45, 7) is 12.0. The number of thioether (sulfide) groups is 1. The van der Waals surface area contributed by atoms with Gasteiger partial charge in [-0.2, -0.15) is 0 Å². The van der Waals surface area contributed by atoms with Crippen LogP contribution in [-0.2, 0) is 10.5 Å². The van der Waals surface area contributed by atoms with E-state index in [2.05, 4.69) is 70.3 Å². The van der Waals surface area contributed by atoms with Crippen LogP contribution in [0.1, 0.15) is 40.4 Å². The summed E-state index contributed by atoms with van der Waals surface area (Å²) >= 11 is 3.31. The molecule has 0 aliphatic carbocycles. The van der Waals surface area contributed by atoms with Crippen LogP contribution in [0.4, 0.5) is 10.8 Å². The van der Waals surface area contributed by atoms with Crippen molar-refractivity contribution in [1.29, 1.82) is 0 Å². The zero-order valence-electron chi connectivity index (χ0n) is 17.3. The van der Waals surface area contributed by atoms with Gasteiger partial charge < -0.3 is 0 Å². The van der Waals surface area contributed by atoms with Gasteiger partial charge in [0.1, 0.15) is 0 Å². The first-order chi connectivity index (χ1) is 13.3. The van der Waals surface area contributed by atoms with Gasteiger partial charge in [0, 0.05) is 23.0 Å². The zero-order chi connectivity index (χ0) is 20.4. The first-order valence-corrected chi connectivity index (χ1v) is 11.2. The fourth-order valence-corrected chi connectivity index (χ4v) is 5.37. The van der Waals surface area contributed by atoms with Crippen LogP contribution in [0.15, 0.2) is 40.6 Å². The molecule has 0 saturated heterocycles. The van der Waals surface area contributed by atoms with Crippen molar-refractivity contribution in [2.45, 2.75) is 52.2 Å². The maximum atomic E-state index is 12.5. The smallest absolute Gasteiger partial charge is 0.230 e. The lowest BCUT2D eigenvalue weighted by atomic mass is 10.0. The normalized spacial score (nSPS) is 10.9. The van der Waals surface area contributed by atoms with E-state index in [1.807, 2.05) is 0 Å². The van der Waals surface area contributed by atoms with Crippen LogP contribution in [0.2, 0.25) is 0 Å². The Bertz CT molecular complexity index is 1000. The molecule has 2 aromatic carbocycles. The predicted octanol–water partition coefficient (Wildman–Crippen LogP) is 6.66. The van der Waals surface area contributed by atoms with Gasteiger partial charge in [-0.1, -0.05) is 35.4 Å². The molecule has 0 N–H and O–H groups in total. The van der Waals surface area contributed by atoms with E-state index in [4.69, 9.17) is 4.98 Å². The highest BCUT2D eigenvalue weighted by Crippen LogP contribution is 2.35. The second-order valence-corrected chi connectivity index (χ2v) is 9.13. The number of anilines is 2. The number of benzene rings is 2. The summed E-state index contributed by atoms with van der Waals surface area (Å²) in [5.41, 5.74) is 7.89. The minimum absolute atomic E-state index is 0.0158. The Morgan fingerprint density at radius 1 is 1.00 bits per heavy atom. The molecule has 3 nitrogen and oxygen atoms in total. The van der Waals surface area contributed by atoms with Crippen molar-refractivity contribution >= 4 is 39.8 Å². The van der Waals surface area contributed by atoms with E-state index in [0.717, 1.165) is 33.4 Å². The molecule has 28 heavy (non-hydrogen) atoms. The SMILES string of the molecule is CC(=O)N(c1nc(CSc2ccc(C)cc2C)cs1)c1c(C)cc(C)cc1C. The monoisotopic (exact) mass is 410 g/mol. The molecule has 3 aromatic rings. The molecule has 3 rings (SSSR count). The molecule has 146 valence electrons. The molecule has 0 aliphatic rings. The summed E-state index contributed by atoms with van der Waals surface area (Å²) in [6.07, 6.45) is 0. The highest BCUT2D eigenvalue weighted by Gasteiger charge is 2.21. The summed E-state index contributed by atoms with van der Waals surface area (Å²) in [6, 6.07) is 10.7. The summed E-state index contributed by atoms with van der Waals surface area (Å²) in [4.78, 5) is 20.3. The lowest BCUT2D eigenvalue weighted by Gasteiger charge is -2.23. The van der Waals surface area contributed by atoms with Crippen molar-refractivity contribution < 1.29 is 4.79 Å². The zero-order valence-corrected chi connectivity index (χ0v) is 18.9. The molecular weight excluding hydrogens is 384 g/mol. The fourth-order valence-electron chi connectivity index (χ4n) is 3.49. The molecule has 0 fully saturated rings. The third kappa shape index (κ3) is 4.47. The van der Waals surface area contributed by atoms with Crippen molar-refractivity contribution in [1.82, 2.24) is 4.98 Å². The number of amides is 1. The van der Waals surface area contributed by atoms with E-state index in [-0.39, 0.29) is 5.91 Å². The molecule has 5 heteroatoms. The third-order valence-electron chi connectivity index (χ3n) is 4.61. The molecule has 0 unspecified atom stereocenters. The first-order valence-electron chi connectivity index (χ1n) is 9.29. The fraction of sp³-hybridized carbons (Fsp3) is 0.304. The van der Waals surface area contributed by atoms with Gasteiger partial charge in [-0.05, 0) is 57.4 Å². The lowest BCUT2D eigenvalue weighted by molar-refractivity contribution is -0.115. The van der Waals surface area contributed by atoms with E-state index in [0.29, 0.717) is 0 Å². The molecule has 0 saturated carbocycles. The summed E-state index contributed by atoms with van der Waals surface area (Å²) in [5, 5.41) is 2.79. The van der Waals surface area contributed by atoms with Crippen LogP contribution in [0.5, 0.6) is 0 Å². The van der Waals surface area contributed by atoms with Crippen molar-refractivity contribution in [3.05, 3.63) is 69.2 Å². The molecule has 0 spiro atoms. The second-order valence-electron chi connectivity index (χ2n) is 7.28. The quantitative estimate of drug-likeness (QED) is 0.441. The molecule has 0 aliphatic heterocycles. The molecular formula is C23H26N2OS2. The Morgan fingerprint density at radius 3 is 2.25 bits per heavy atom. The molecule has 1 amide bonds. The van der Waals surface area contributed by atoms with Gasteiger partial charge in [0.15, 0.2) is 5.13 Å². The Kier molecular flexibility index (Phi) is 6.26. The van der Waals surface area contributed by atoms with Crippen molar-refractivity contribution in [2.75, 3.05) is 4.90 Å². The number of rotatable bonds is 5. The Hall–Kier alpha value is -2.11. The minimum atomic E-state index is -0.0158. The Balaban J connectivity index is 1.85. The number of hydrogen-bond acceptors (Lipinski definition) is 4. The van der Waals surface area contributed by atoms with Crippen LogP contribution in [0, 0.1) is 34.6 Å². The van der Waals surface area contributed by atoms with Gasteiger partial charge in [-0.3, -0.25) is 9.69 Å². The van der Waals surface area contributed by atoms with Crippen LogP contribution < -0.4 is 4.90 Å².